The Morgan fingerprint density at radius 3 is 2.67 bits per heavy atom. The monoisotopic (exact) mass is 264 g/mol. The fraction of sp³-hybridized carbons (Fsp3) is 0.286. The van der Waals surface area contributed by atoms with Gasteiger partial charge in [-0.1, -0.05) is 6.07 Å². The molecule has 0 aliphatic carbocycles. The van der Waals surface area contributed by atoms with Gasteiger partial charge in [0.05, 0.1) is 13.2 Å². The minimum atomic E-state index is 0.224. The van der Waals surface area contributed by atoms with Gasteiger partial charge in [0.2, 0.25) is 0 Å². The van der Waals surface area contributed by atoms with Crippen molar-refractivity contribution >= 4 is 11.3 Å². The van der Waals surface area contributed by atoms with Crippen LogP contribution < -0.4 is 10.1 Å². The maximum atomic E-state index is 8.70. The quantitative estimate of drug-likeness (QED) is 0.742. The first-order valence-electron chi connectivity index (χ1n) is 6.05. The van der Waals surface area contributed by atoms with Gasteiger partial charge in [0.1, 0.15) is 18.9 Å². The Balaban J connectivity index is 1.80. The fourth-order valence-electron chi connectivity index (χ4n) is 1.63. The molecule has 0 spiro atoms. The highest BCUT2D eigenvalue weighted by molar-refractivity contribution is 7.09. The van der Waals surface area contributed by atoms with Crippen LogP contribution >= 0.6 is 11.3 Å². The van der Waals surface area contributed by atoms with E-state index in [2.05, 4.69) is 28.9 Å². The summed E-state index contributed by atoms with van der Waals surface area (Å²) in [5.74, 6) is 0.898. The van der Waals surface area contributed by atoms with Crippen LogP contribution in [0.4, 0.5) is 0 Å². The SMILES string of the molecule is OCC[NH2+]Cc1ccc(OCc2cccs2)cc1. The van der Waals surface area contributed by atoms with E-state index in [0.29, 0.717) is 6.61 Å². The van der Waals surface area contributed by atoms with E-state index in [-0.39, 0.29) is 6.61 Å². The summed E-state index contributed by atoms with van der Waals surface area (Å²) >= 11 is 1.71. The summed E-state index contributed by atoms with van der Waals surface area (Å²) in [6.45, 7) is 2.50. The van der Waals surface area contributed by atoms with Gasteiger partial charge >= 0.3 is 0 Å². The molecule has 0 bridgehead atoms. The Hall–Kier alpha value is -1.36. The van der Waals surface area contributed by atoms with Crippen LogP contribution in [-0.2, 0) is 13.2 Å². The minimum Gasteiger partial charge on any atom is -0.488 e. The van der Waals surface area contributed by atoms with E-state index >= 15 is 0 Å². The molecule has 3 N–H and O–H groups in total. The lowest BCUT2D eigenvalue weighted by molar-refractivity contribution is -0.671. The number of aliphatic hydroxyl groups excluding tert-OH is 1. The molecule has 1 aromatic heterocycles. The van der Waals surface area contributed by atoms with Gasteiger partial charge in [0.15, 0.2) is 0 Å². The molecule has 96 valence electrons. The second-order valence-corrected chi connectivity index (χ2v) is 5.05. The van der Waals surface area contributed by atoms with Crippen molar-refractivity contribution in [2.75, 3.05) is 13.2 Å². The summed E-state index contributed by atoms with van der Waals surface area (Å²) in [4.78, 5) is 1.23. The van der Waals surface area contributed by atoms with Gasteiger partial charge in [0, 0.05) is 10.4 Å². The van der Waals surface area contributed by atoms with Crippen molar-refractivity contribution in [2.45, 2.75) is 13.2 Å². The zero-order valence-corrected chi connectivity index (χ0v) is 11.0. The number of ether oxygens (including phenoxy) is 1. The van der Waals surface area contributed by atoms with E-state index in [0.717, 1.165) is 18.8 Å². The van der Waals surface area contributed by atoms with Crippen molar-refractivity contribution in [1.82, 2.24) is 0 Å². The molecule has 3 nitrogen and oxygen atoms in total. The molecule has 0 unspecified atom stereocenters. The number of nitrogens with two attached hydrogens (primary N) is 1. The fourth-order valence-corrected chi connectivity index (χ4v) is 2.25. The van der Waals surface area contributed by atoms with Gasteiger partial charge < -0.3 is 15.2 Å². The predicted molar refractivity (Wildman–Crippen MR) is 72.7 cm³/mol. The second-order valence-electron chi connectivity index (χ2n) is 4.02. The molecule has 1 aromatic carbocycles. The van der Waals surface area contributed by atoms with Crippen LogP contribution in [0.15, 0.2) is 41.8 Å². The Morgan fingerprint density at radius 1 is 1.17 bits per heavy atom. The normalized spacial score (nSPS) is 10.5. The lowest BCUT2D eigenvalue weighted by Crippen LogP contribution is -2.83. The number of thiophene rings is 1. The number of quaternary nitrogens is 1. The molecule has 0 fully saturated rings. The third-order valence-corrected chi connectivity index (χ3v) is 3.45. The molecule has 0 saturated carbocycles. The van der Waals surface area contributed by atoms with Gasteiger partial charge in [-0.2, -0.15) is 0 Å². The highest BCUT2D eigenvalue weighted by Crippen LogP contribution is 2.15. The van der Waals surface area contributed by atoms with Crippen LogP contribution in [0.1, 0.15) is 10.4 Å². The van der Waals surface area contributed by atoms with Crippen LogP contribution in [0.2, 0.25) is 0 Å². The lowest BCUT2D eigenvalue weighted by atomic mass is 10.2. The average molecular weight is 264 g/mol. The highest BCUT2D eigenvalue weighted by Gasteiger charge is 1.99. The maximum absolute atomic E-state index is 8.70. The van der Waals surface area contributed by atoms with Crippen molar-refractivity contribution in [3.05, 3.63) is 52.2 Å². The summed E-state index contributed by atoms with van der Waals surface area (Å²) in [5.41, 5.74) is 1.24. The first kappa shape index (κ1) is 13.1. The van der Waals surface area contributed by atoms with Crippen molar-refractivity contribution in [3.63, 3.8) is 0 Å². The number of aliphatic hydroxyl groups is 1. The van der Waals surface area contributed by atoms with E-state index in [4.69, 9.17) is 9.84 Å². The van der Waals surface area contributed by atoms with Crippen LogP contribution in [0, 0.1) is 0 Å². The van der Waals surface area contributed by atoms with Crippen molar-refractivity contribution < 1.29 is 15.2 Å². The van der Waals surface area contributed by atoms with Gasteiger partial charge in [0.25, 0.3) is 0 Å². The topological polar surface area (TPSA) is 46.1 Å². The Kier molecular flexibility index (Phi) is 5.20. The predicted octanol–water partition coefficient (Wildman–Crippen LogP) is 1.38. The van der Waals surface area contributed by atoms with Gasteiger partial charge in [-0.15, -0.1) is 11.3 Å². The molecule has 2 aromatic rings. The van der Waals surface area contributed by atoms with Crippen LogP contribution in [0.3, 0.4) is 0 Å². The van der Waals surface area contributed by atoms with E-state index in [9.17, 15) is 0 Å². The largest absolute Gasteiger partial charge is 0.488 e. The summed E-state index contributed by atoms with van der Waals surface area (Å²) in [5, 5.41) is 12.8. The molecule has 0 radical (unpaired) electrons. The highest BCUT2D eigenvalue weighted by atomic mass is 32.1. The smallest absolute Gasteiger partial charge is 0.122 e. The standard InChI is InChI=1S/C14H17NO2S/c16-8-7-15-10-12-3-5-13(6-4-12)17-11-14-2-1-9-18-14/h1-6,9,15-16H,7-8,10-11H2/p+1. The van der Waals surface area contributed by atoms with Crippen molar-refractivity contribution in [3.8, 4) is 5.75 Å². The van der Waals surface area contributed by atoms with Crippen molar-refractivity contribution in [2.24, 2.45) is 0 Å². The third kappa shape index (κ3) is 4.14. The third-order valence-electron chi connectivity index (χ3n) is 2.60. The minimum absolute atomic E-state index is 0.224. The number of rotatable bonds is 7. The first-order valence-corrected chi connectivity index (χ1v) is 6.93. The van der Waals surface area contributed by atoms with Gasteiger partial charge in [-0.25, -0.2) is 0 Å². The molecular formula is C14H18NO2S+. The molecule has 0 saturated heterocycles. The maximum Gasteiger partial charge on any atom is 0.122 e. The zero-order chi connectivity index (χ0) is 12.6. The number of benzene rings is 1. The second kappa shape index (κ2) is 7.16. The average Bonchev–Trinajstić information content (AvgIpc) is 2.91. The summed E-state index contributed by atoms with van der Waals surface area (Å²) in [6.07, 6.45) is 0. The van der Waals surface area contributed by atoms with Crippen LogP contribution in [-0.4, -0.2) is 18.3 Å². The molecule has 0 aliphatic rings. The zero-order valence-electron chi connectivity index (χ0n) is 10.2. The molecule has 18 heavy (non-hydrogen) atoms. The van der Waals surface area contributed by atoms with E-state index in [1.165, 1.54) is 10.4 Å². The molecule has 1 heterocycles. The van der Waals surface area contributed by atoms with E-state index < -0.39 is 0 Å². The summed E-state index contributed by atoms with van der Waals surface area (Å²) < 4.78 is 5.69. The molecule has 0 atom stereocenters. The lowest BCUT2D eigenvalue weighted by Gasteiger charge is -2.05. The van der Waals surface area contributed by atoms with E-state index in [1.807, 2.05) is 18.2 Å². The Morgan fingerprint density at radius 2 is 2.00 bits per heavy atom. The van der Waals surface area contributed by atoms with Gasteiger partial charge in [-0.05, 0) is 35.7 Å². The van der Waals surface area contributed by atoms with Gasteiger partial charge in [-0.3, -0.25) is 0 Å². The molecule has 2 rings (SSSR count). The van der Waals surface area contributed by atoms with E-state index in [1.54, 1.807) is 11.3 Å². The summed E-state index contributed by atoms with van der Waals surface area (Å²) in [6, 6.07) is 12.2. The molecule has 0 aliphatic heterocycles. The van der Waals surface area contributed by atoms with Crippen molar-refractivity contribution in [1.29, 1.82) is 0 Å². The van der Waals surface area contributed by atoms with Crippen LogP contribution in [0.25, 0.3) is 0 Å². The number of hydrogen-bond donors (Lipinski definition) is 2. The summed E-state index contributed by atoms with van der Waals surface area (Å²) in [7, 11) is 0. The molecule has 0 amide bonds. The molecular weight excluding hydrogens is 246 g/mol. The Labute approximate surface area is 111 Å². The number of hydrogen-bond acceptors (Lipinski definition) is 3. The molecule has 4 heteroatoms. The Bertz CT molecular complexity index is 439. The van der Waals surface area contributed by atoms with Crippen LogP contribution in [0.5, 0.6) is 5.75 Å². The first-order chi connectivity index (χ1) is 8.88.